The van der Waals surface area contributed by atoms with Crippen LogP contribution in [0.4, 0.5) is 4.79 Å². The Morgan fingerprint density at radius 2 is 2.05 bits per heavy atom. The fourth-order valence-electron chi connectivity index (χ4n) is 1.55. The van der Waals surface area contributed by atoms with Crippen LogP contribution in [-0.2, 0) is 6.42 Å². The van der Waals surface area contributed by atoms with Crippen molar-refractivity contribution in [3.8, 4) is 0 Å². The largest absolute Gasteiger partial charge is 0.476 e. The van der Waals surface area contributed by atoms with E-state index in [1.165, 1.54) is 16.7 Å². The standard InChI is InChI=1S/C13H21N3O3S/c1-4-13(3,5-2)16-12(19)14-7-6-10-15-9(8-20-10)11(17)18/h8H,4-7H2,1-3H3,(H,17,18)(H2,14,16,19). The number of aromatic nitrogens is 1. The third kappa shape index (κ3) is 4.80. The molecule has 1 heterocycles. The van der Waals surface area contributed by atoms with Gasteiger partial charge < -0.3 is 15.7 Å². The van der Waals surface area contributed by atoms with Gasteiger partial charge in [0.25, 0.3) is 0 Å². The number of carboxylic acids is 1. The molecule has 0 spiro atoms. The number of rotatable bonds is 7. The number of amides is 2. The number of aromatic carboxylic acids is 1. The molecule has 0 unspecified atom stereocenters. The molecule has 1 aromatic heterocycles. The average molecular weight is 299 g/mol. The molecule has 2 amide bonds. The second kappa shape index (κ2) is 7.23. The third-order valence-corrected chi connectivity index (χ3v) is 4.28. The monoisotopic (exact) mass is 299 g/mol. The lowest BCUT2D eigenvalue weighted by atomic mass is 9.96. The molecule has 0 atom stereocenters. The summed E-state index contributed by atoms with van der Waals surface area (Å²) in [6.45, 7) is 6.51. The molecule has 0 saturated carbocycles. The van der Waals surface area contributed by atoms with E-state index in [-0.39, 0.29) is 17.3 Å². The van der Waals surface area contributed by atoms with E-state index in [1.54, 1.807) is 0 Å². The molecule has 3 N–H and O–H groups in total. The second-order valence-electron chi connectivity index (χ2n) is 4.83. The maximum atomic E-state index is 11.7. The summed E-state index contributed by atoms with van der Waals surface area (Å²) >= 11 is 1.29. The van der Waals surface area contributed by atoms with E-state index in [4.69, 9.17) is 5.11 Å². The van der Waals surface area contributed by atoms with E-state index < -0.39 is 5.97 Å². The summed E-state index contributed by atoms with van der Waals surface area (Å²) in [4.78, 5) is 26.4. The molecule has 0 aliphatic heterocycles. The van der Waals surface area contributed by atoms with E-state index in [1.807, 2.05) is 20.8 Å². The molecule has 1 rings (SSSR count). The molecular weight excluding hydrogens is 278 g/mol. The Morgan fingerprint density at radius 3 is 2.55 bits per heavy atom. The SMILES string of the molecule is CCC(C)(CC)NC(=O)NCCc1nc(C(=O)O)cs1. The fraction of sp³-hybridized carbons (Fsp3) is 0.615. The van der Waals surface area contributed by atoms with Gasteiger partial charge in [-0.1, -0.05) is 13.8 Å². The molecule has 0 aliphatic rings. The topological polar surface area (TPSA) is 91.3 Å². The molecule has 0 radical (unpaired) electrons. The number of carbonyl (C=O) groups excluding carboxylic acids is 1. The molecule has 20 heavy (non-hydrogen) atoms. The lowest BCUT2D eigenvalue weighted by molar-refractivity contribution is 0.0691. The lowest BCUT2D eigenvalue weighted by Crippen LogP contribution is -2.49. The van der Waals surface area contributed by atoms with Crippen LogP contribution in [0.15, 0.2) is 5.38 Å². The van der Waals surface area contributed by atoms with Crippen molar-refractivity contribution in [1.29, 1.82) is 0 Å². The van der Waals surface area contributed by atoms with Gasteiger partial charge in [-0.15, -0.1) is 11.3 Å². The van der Waals surface area contributed by atoms with Crippen LogP contribution in [0, 0.1) is 0 Å². The van der Waals surface area contributed by atoms with E-state index in [9.17, 15) is 9.59 Å². The van der Waals surface area contributed by atoms with Gasteiger partial charge in [0.15, 0.2) is 5.69 Å². The first-order chi connectivity index (χ1) is 9.40. The van der Waals surface area contributed by atoms with Crippen LogP contribution in [-0.4, -0.2) is 34.2 Å². The summed E-state index contributed by atoms with van der Waals surface area (Å²) in [5.41, 5.74) is -0.138. The summed E-state index contributed by atoms with van der Waals surface area (Å²) in [5.74, 6) is -1.03. The van der Waals surface area contributed by atoms with Gasteiger partial charge in [0.1, 0.15) is 0 Å². The molecule has 0 fully saturated rings. The molecule has 0 aliphatic carbocycles. The lowest BCUT2D eigenvalue weighted by Gasteiger charge is -2.28. The molecule has 7 heteroatoms. The quantitative estimate of drug-likeness (QED) is 0.720. The molecule has 6 nitrogen and oxygen atoms in total. The van der Waals surface area contributed by atoms with Crippen molar-refractivity contribution in [2.45, 2.75) is 45.6 Å². The zero-order valence-corrected chi connectivity index (χ0v) is 12.8. The minimum absolute atomic E-state index is 0.0546. The van der Waals surface area contributed by atoms with Gasteiger partial charge in [0.2, 0.25) is 0 Å². The van der Waals surface area contributed by atoms with Gasteiger partial charge >= 0.3 is 12.0 Å². The van der Waals surface area contributed by atoms with Crippen LogP contribution < -0.4 is 10.6 Å². The molecule has 112 valence electrons. The normalized spacial score (nSPS) is 11.2. The Morgan fingerprint density at radius 1 is 1.40 bits per heavy atom. The Balaban J connectivity index is 2.36. The van der Waals surface area contributed by atoms with Gasteiger partial charge in [0, 0.05) is 23.9 Å². The van der Waals surface area contributed by atoms with Gasteiger partial charge in [-0.3, -0.25) is 0 Å². The van der Waals surface area contributed by atoms with Crippen LogP contribution >= 0.6 is 11.3 Å². The fourth-order valence-corrected chi connectivity index (χ4v) is 2.32. The van der Waals surface area contributed by atoms with Crippen molar-refractivity contribution in [3.63, 3.8) is 0 Å². The van der Waals surface area contributed by atoms with Crippen molar-refractivity contribution in [2.24, 2.45) is 0 Å². The highest BCUT2D eigenvalue weighted by atomic mass is 32.1. The third-order valence-electron chi connectivity index (χ3n) is 3.37. The summed E-state index contributed by atoms with van der Waals surface area (Å²) in [6, 6.07) is -0.203. The molecule has 1 aromatic rings. The van der Waals surface area contributed by atoms with Crippen LogP contribution in [0.5, 0.6) is 0 Å². The minimum atomic E-state index is -1.03. The molecule has 0 saturated heterocycles. The number of carbonyl (C=O) groups is 2. The predicted octanol–water partition coefficient (Wildman–Crippen LogP) is 2.26. The Kier molecular flexibility index (Phi) is 5.94. The Labute approximate surface area is 122 Å². The number of thiazole rings is 1. The number of urea groups is 1. The van der Waals surface area contributed by atoms with Crippen LogP contribution in [0.25, 0.3) is 0 Å². The second-order valence-corrected chi connectivity index (χ2v) is 5.77. The highest BCUT2D eigenvalue weighted by molar-refractivity contribution is 7.09. The maximum Gasteiger partial charge on any atom is 0.355 e. The smallest absolute Gasteiger partial charge is 0.355 e. The summed E-state index contributed by atoms with van der Waals surface area (Å²) in [5, 5.41) is 16.7. The van der Waals surface area contributed by atoms with Crippen LogP contribution in [0.1, 0.15) is 49.1 Å². The van der Waals surface area contributed by atoms with Gasteiger partial charge in [-0.05, 0) is 19.8 Å². The predicted molar refractivity (Wildman–Crippen MR) is 78.3 cm³/mol. The van der Waals surface area contributed by atoms with Gasteiger partial charge in [-0.25, -0.2) is 14.6 Å². The summed E-state index contributed by atoms with van der Waals surface area (Å²) in [7, 11) is 0. The number of nitrogens with one attached hydrogen (secondary N) is 2. The van der Waals surface area contributed by atoms with E-state index in [0.29, 0.717) is 18.0 Å². The summed E-state index contributed by atoms with van der Waals surface area (Å²) in [6.07, 6.45) is 2.26. The van der Waals surface area contributed by atoms with Crippen LogP contribution in [0.2, 0.25) is 0 Å². The van der Waals surface area contributed by atoms with Crippen molar-refractivity contribution >= 4 is 23.3 Å². The highest BCUT2D eigenvalue weighted by Crippen LogP contribution is 2.13. The van der Waals surface area contributed by atoms with Gasteiger partial charge in [0.05, 0.1) is 5.01 Å². The number of hydrogen-bond donors (Lipinski definition) is 3. The van der Waals surface area contributed by atoms with Crippen molar-refractivity contribution in [1.82, 2.24) is 15.6 Å². The van der Waals surface area contributed by atoms with Crippen molar-refractivity contribution < 1.29 is 14.7 Å². The number of hydrogen-bond acceptors (Lipinski definition) is 4. The van der Waals surface area contributed by atoms with Crippen LogP contribution in [0.3, 0.4) is 0 Å². The zero-order valence-electron chi connectivity index (χ0n) is 12.0. The van der Waals surface area contributed by atoms with Crippen molar-refractivity contribution in [3.05, 3.63) is 16.1 Å². The molecular formula is C13H21N3O3S. The number of nitrogens with zero attached hydrogens (tertiary/aromatic N) is 1. The minimum Gasteiger partial charge on any atom is -0.476 e. The number of carboxylic acid groups (broad SMARTS) is 1. The molecule has 0 aromatic carbocycles. The Hall–Kier alpha value is -1.63. The van der Waals surface area contributed by atoms with E-state index >= 15 is 0 Å². The maximum absolute atomic E-state index is 11.7. The molecule has 0 bridgehead atoms. The first-order valence-electron chi connectivity index (χ1n) is 6.64. The highest BCUT2D eigenvalue weighted by Gasteiger charge is 2.21. The average Bonchev–Trinajstić information content (AvgIpc) is 2.87. The summed E-state index contributed by atoms with van der Waals surface area (Å²) < 4.78 is 0. The zero-order chi connectivity index (χ0) is 15.2. The van der Waals surface area contributed by atoms with Crippen molar-refractivity contribution in [2.75, 3.05) is 6.54 Å². The first kappa shape index (κ1) is 16.4. The van der Waals surface area contributed by atoms with E-state index in [2.05, 4.69) is 15.6 Å². The first-order valence-corrected chi connectivity index (χ1v) is 7.52. The Bertz CT molecular complexity index is 469. The van der Waals surface area contributed by atoms with Gasteiger partial charge in [-0.2, -0.15) is 0 Å². The van der Waals surface area contributed by atoms with E-state index in [0.717, 1.165) is 12.8 Å².